The zero-order valence-corrected chi connectivity index (χ0v) is 12.2. The van der Waals surface area contributed by atoms with Crippen molar-refractivity contribution in [1.82, 2.24) is 14.2 Å². The van der Waals surface area contributed by atoms with Crippen LogP contribution in [0, 0.1) is 0 Å². The van der Waals surface area contributed by atoms with E-state index in [1.807, 2.05) is 25.9 Å². The summed E-state index contributed by atoms with van der Waals surface area (Å²) in [4.78, 5) is 2.22. The van der Waals surface area contributed by atoms with Crippen LogP contribution in [0.2, 0.25) is 0 Å². The Bertz CT molecular complexity index is 493. The van der Waals surface area contributed by atoms with Crippen molar-refractivity contribution < 1.29 is 8.42 Å². The van der Waals surface area contributed by atoms with Crippen molar-refractivity contribution in [2.45, 2.75) is 24.4 Å². The molecule has 104 valence electrons. The Morgan fingerprint density at radius 2 is 2.11 bits per heavy atom. The number of hydrogen-bond donors (Lipinski definition) is 2. The number of aryl methyl sites for hydroxylation is 1. The van der Waals surface area contributed by atoms with E-state index >= 15 is 0 Å². The minimum atomic E-state index is -3.45. The minimum Gasteiger partial charge on any atom is -0.352 e. The zero-order valence-electron chi connectivity index (χ0n) is 11.3. The normalized spacial score (nSPS) is 14.1. The number of nitrogens with zero attached hydrogens (tertiary/aromatic N) is 2. The number of nitrogens with one attached hydrogen (secondary N) is 1. The summed E-state index contributed by atoms with van der Waals surface area (Å²) in [6.07, 6.45) is 1.57. The molecule has 7 heteroatoms. The lowest BCUT2D eigenvalue weighted by Gasteiger charge is -2.19. The molecule has 0 radical (unpaired) electrons. The fourth-order valence-corrected chi connectivity index (χ4v) is 2.64. The number of hydrogen-bond acceptors (Lipinski definition) is 4. The molecule has 18 heavy (non-hydrogen) atoms. The Balaban J connectivity index is 2.80. The summed E-state index contributed by atoms with van der Waals surface area (Å²) < 4.78 is 28.4. The Morgan fingerprint density at radius 3 is 2.56 bits per heavy atom. The number of sulfonamides is 1. The van der Waals surface area contributed by atoms with Crippen molar-refractivity contribution in [3.05, 3.63) is 18.0 Å². The molecule has 1 heterocycles. The molecule has 0 aliphatic heterocycles. The summed E-state index contributed by atoms with van der Waals surface area (Å²) in [7, 11) is 2.15. The topological polar surface area (TPSA) is 80.4 Å². The molecule has 1 aromatic rings. The van der Waals surface area contributed by atoms with Gasteiger partial charge in [0.15, 0.2) is 0 Å². The second kappa shape index (κ2) is 5.83. The maximum atomic E-state index is 12.1. The summed E-state index contributed by atoms with van der Waals surface area (Å²) in [6, 6.07) is 1.74. The lowest BCUT2D eigenvalue weighted by Crippen LogP contribution is -2.38. The van der Waals surface area contributed by atoms with Gasteiger partial charge in [0.25, 0.3) is 0 Å². The van der Waals surface area contributed by atoms with Crippen LogP contribution in [0.3, 0.4) is 0 Å². The summed E-state index contributed by atoms with van der Waals surface area (Å²) >= 11 is 0. The van der Waals surface area contributed by atoms with E-state index in [0.29, 0.717) is 13.1 Å². The SMILES string of the molecule is CC(CNS(=O)(=O)c1cc(CN)n(C)c1)N(C)C. The average molecular weight is 274 g/mol. The zero-order chi connectivity index (χ0) is 13.9. The van der Waals surface area contributed by atoms with Gasteiger partial charge in [-0.05, 0) is 27.1 Å². The van der Waals surface area contributed by atoms with Crippen LogP contribution < -0.4 is 10.5 Å². The maximum absolute atomic E-state index is 12.1. The van der Waals surface area contributed by atoms with Gasteiger partial charge in [0.1, 0.15) is 0 Å². The lowest BCUT2D eigenvalue weighted by molar-refractivity contribution is 0.314. The van der Waals surface area contributed by atoms with Crippen molar-refractivity contribution in [3.8, 4) is 0 Å². The highest BCUT2D eigenvalue weighted by Gasteiger charge is 2.18. The van der Waals surface area contributed by atoms with Crippen LogP contribution in [0.1, 0.15) is 12.6 Å². The number of nitrogens with two attached hydrogens (primary N) is 1. The highest BCUT2D eigenvalue weighted by atomic mass is 32.2. The van der Waals surface area contributed by atoms with Gasteiger partial charge in [0.05, 0.1) is 4.90 Å². The highest BCUT2D eigenvalue weighted by molar-refractivity contribution is 7.89. The Hall–Kier alpha value is -0.890. The van der Waals surface area contributed by atoms with Gasteiger partial charge in [-0.3, -0.25) is 0 Å². The van der Waals surface area contributed by atoms with Crippen molar-refractivity contribution in [3.63, 3.8) is 0 Å². The van der Waals surface area contributed by atoms with Crippen LogP contribution in [0.25, 0.3) is 0 Å². The molecule has 0 amide bonds. The first kappa shape index (κ1) is 15.2. The molecule has 0 bridgehead atoms. The Kier molecular flexibility index (Phi) is 4.92. The van der Waals surface area contributed by atoms with Crippen LogP contribution in [0.15, 0.2) is 17.2 Å². The van der Waals surface area contributed by atoms with E-state index in [4.69, 9.17) is 5.73 Å². The second-order valence-electron chi connectivity index (χ2n) is 4.65. The minimum absolute atomic E-state index is 0.137. The van der Waals surface area contributed by atoms with Crippen LogP contribution in [0.4, 0.5) is 0 Å². The molecule has 0 aliphatic carbocycles. The first-order chi connectivity index (χ1) is 8.27. The van der Waals surface area contributed by atoms with Gasteiger partial charge in [0.2, 0.25) is 10.0 Å². The molecule has 0 aromatic carbocycles. The van der Waals surface area contributed by atoms with Crippen LogP contribution in [-0.2, 0) is 23.6 Å². The van der Waals surface area contributed by atoms with Crippen LogP contribution >= 0.6 is 0 Å². The molecule has 0 saturated heterocycles. The van der Waals surface area contributed by atoms with Gasteiger partial charge in [-0.1, -0.05) is 0 Å². The molecule has 3 N–H and O–H groups in total. The quantitative estimate of drug-likeness (QED) is 0.747. The molecule has 0 saturated carbocycles. The van der Waals surface area contributed by atoms with Crippen molar-refractivity contribution in [2.75, 3.05) is 20.6 Å². The van der Waals surface area contributed by atoms with E-state index in [1.54, 1.807) is 23.9 Å². The number of rotatable bonds is 6. The van der Waals surface area contributed by atoms with Gasteiger partial charge in [-0.15, -0.1) is 0 Å². The third-order valence-corrected chi connectivity index (χ3v) is 4.44. The van der Waals surface area contributed by atoms with Crippen molar-refractivity contribution in [1.29, 1.82) is 0 Å². The third-order valence-electron chi connectivity index (χ3n) is 3.05. The molecule has 1 atom stereocenters. The lowest BCUT2D eigenvalue weighted by atomic mass is 10.3. The predicted molar refractivity (Wildman–Crippen MR) is 71.6 cm³/mol. The van der Waals surface area contributed by atoms with Gasteiger partial charge in [-0.2, -0.15) is 0 Å². The van der Waals surface area contributed by atoms with Gasteiger partial charge >= 0.3 is 0 Å². The van der Waals surface area contributed by atoms with Gasteiger partial charge in [0, 0.05) is 38.1 Å². The second-order valence-corrected chi connectivity index (χ2v) is 6.41. The number of aromatic nitrogens is 1. The number of likely N-dealkylation sites (N-methyl/N-ethyl adjacent to an activating group) is 1. The molecular formula is C11H22N4O2S. The van der Waals surface area contributed by atoms with E-state index < -0.39 is 10.0 Å². The fraction of sp³-hybridized carbons (Fsp3) is 0.636. The highest BCUT2D eigenvalue weighted by Crippen LogP contribution is 2.12. The van der Waals surface area contributed by atoms with E-state index in [0.717, 1.165) is 5.69 Å². The average Bonchev–Trinajstić information content (AvgIpc) is 2.68. The molecule has 1 unspecified atom stereocenters. The van der Waals surface area contributed by atoms with Crippen molar-refractivity contribution >= 4 is 10.0 Å². The molecule has 0 fully saturated rings. The summed E-state index contributed by atoms with van der Waals surface area (Å²) in [5.74, 6) is 0. The Labute approximate surface area is 109 Å². The monoisotopic (exact) mass is 274 g/mol. The fourth-order valence-electron chi connectivity index (χ4n) is 1.42. The summed E-state index contributed by atoms with van der Waals surface area (Å²) in [5.41, 5.74) is 6.31. The molecule has 1 aromatic heterocycles. The molecule has 6 nitrogen and oxygen atoms in total. The van der Waals surface area contributed by atoms with E-state index in [-0.39, 0.29) is 10.9 Å². The molecule has 0 spiro atoms. The van der Waals surface area contributed by atoms with Crippen LogP contribution in [0.5, 0.6) is 0 Å². The first-order valence-electron chi connectivity index (χ1n) is 5.79. The maximum Gasteiger partial charge on any atom is 0.242 e. The molecule has 0 aliphatic rings. The smallest absolute Gasteiger partial charge is 0.242 e. The van der Waals surface area contributed by atoms with E-state index in [9.17, 15) is 8.42 Å². The van der Waals surface area contributed by atoms with Crippen molar-refractivity contribution in [2.24, 2.45) is 12.8 Å². The summed E-state index contributed by atoms with van der Waals surface area (Å²) in [6.45, 7) is 2.65. The van der Waals surface area contributed by atoms with E-state index in [1.165, 1.54) is 0 Å². The summed E-state index contributed by atoms with van der Waals surface area (Å²) in [5, 5.41) is 0. The van der Waals surface area contributed by atoms with Crippen LogP contribution in [-0.4, -0.2) is 44.6 Å². The third kappa shape index (κ3) is 3.55. The van der Waals surface area contributed by atoms with E-state index in [2.05, 4.69) is 4.72 Å². The largest absolute Gasteiger partial charge is 0.352 e. The van der Waals surface area contributed by atoms with Gasteiger partial charge in [-0.25, -0.2) is 13.1 Å². The first-order valence-corrected chi connectivity index (χ1v) is 7.27. The molecular weight excluding hydrogens is 252 g/mol. The molecule has 1 rings (SSSR count). The standard InChI is InChI=1S/C11H22N4O2S/c1-9(14(2)3)7-13-18(16,17)11-5-10(6-12)15(4)8-11/h5,8-9,13H,6-7,12H2,1-4H3. The van der Waals surface area contributed by atoms with Gasteiger partial charge < -0.3 is 15.2 Å². The Morgan fingerprint density at radius 1 is 1.50 bits per heavy atom. The predicted octanol–water partition coefficient (Wildman–Crippen LogP) is -0.288.